The lowest BCUT2D eigenvalue weighted by atomic mass is 10.0. The Balaban J connectivity index is 2.07. The van der Waals surface area contributed by atoms with Crippen molar-refractivity contribution in [3.63, 3.8) is 0 Å². The number of rotatable bonds is 6. The molecule has 18 heavy (non-hydrogen) atoms. The van der Waals surface area contributed by atoms with E-state index in [0.717, 1.165) is 12.1 Å². The molecule has 1 heterocycles. The van der Waals surface area contributed by atoms with E-state index in [1.807, 2.05) is 0 Å². The maximum absolute atomic E-state index is 5.55. The van der Waals surface area contributed by atoms with E-state index in [0.29, 0.717) is 6.54 Å². The highest BCUT2D eigenvalue weighted by molar-refractivity contribution is 7.06. The third kappa shape index (κ3) is 3.40. The lowest BCUT2D eigenvalue weighted by Crippen LogP contribution is -2.00. The average Bonchev–Trinajstić information content (AvgIpc) is 2.86. The van der Waals surface area contributed by atoms with Gasteiger partial charge in [-0.2, -0.15) is 4.37 Å². The molecule has 2 aromatic rings. The van der Waals surface area contributed by atoms with E-state index in [2.05, 4.69) is 41.6 Å². The van der Waals surface area contributed by atoms with E-state index in [1.165, 1.54) is 35.3 Å². The highest BCUT2D eigenvalue weighted by Gasteiger charge is 2.04. The highest BCUT2D eigenvalue weighted by Crippen LogP contribution is 2.22. The van der Waals surface area contributed by atoms with Crippen LogP contribution in [0.2, 0.25) is 0 Å². The lowest BCUT2D eigenvalue weighted by Gasteiger charge is -2.01. The van der Waals surface area contributed by atoms with Crippen molar-refractivity contribution in [3.05, 3.63) is 40.8 Å². The first-order valence-electron chi connectivity index (χ1n) is 6.58. The molecule has 0 fully saturated rings. The topological polar surface area (TPSA) is 38.9 Å². The van der Waals surface area contributed by atoms with Crippen molar-refractivity contribution in [2.45, 2.75) is 32.6 Å². The first-order chi connectivity index (χ1) is 8.83. The molecule has 0 amide bonds. The molecule has 2 N–H and O–H groups in total. The smallest absolute Gasteiger partial charge is 0.0843 e. The van der Waals surface area contributed by atoms with Crippen LogP contribution in [0.25, 0.3) is 11.3 Å². The summed E-state index contributed by atoms with van der Waals surface area (Å²) in [6.45, 7) is 2.92. The summed E-state index contributed by atoms with van der Waals surface area (Å²) in [5, 5.41) is 0. The molecule has 0 aliphatic rings. The van der Waals surface area contributed by atoms with E-state index in [1.54, 1.807) is 11.5 Å². The van der Waals surface area contributed by atoms with Gasteiger partial charge in [-0.05, 0) is 49.0 Å². The van der Waals surface area contributed by atoms with E-state index in [-0.39, 0.29) is 0 Å². The second-order valence-corrected chi connectivity index (χ2v) is 5.41. The molecule has 3 heteroatoms. The molecular formula is C15H20N2S. The van der Waals surface area contributed by atoms with Gasteiger partial charge in [0.15, 0.2) is 0 Å². The molecule has 2 nitrogen and oxygen atoms in total. The van der Waals surface area contributed by atoms with Gasteiger partial charge in [-0.25, -0.2) is 0 Å². The maximum atomic E-state index is 5.55. The van der Waals surface area contributed by atoms with Crippen molar-refractivity contribution in [1.82, 2.24) is 4.37 Å². The third-order valence-corrected chi connectivity index (χ3v) is 3.86. The van der Waals surface area contributed by atoms with E-state index in [4.69, 9.17) is 5.73 Å². The molecule has 0 aliphatic heterocycles. The summed E-state index contributed by atoms with van der Waals surface area (Å²) in [7, 11) is 0. The summed E-state index contributed by atoms with van der Waals surface area (Å²) in [5.74, 6) is 0. The van der Waals surface area contributed by atoms with Gasteiger partial charge >= 0.3 is 0 Å². The molecule has 1 aromatic heterocycles. The van der Waals surface area contributed by atoms with Crippen LogP contribution in [0.4, 0.5) is 0 Å². The normalized spacial score (nSPS) is 10.8. The fourth-order valence-corrected chi connectivity index (χ4v) is 2.68. The standard InChI is InChI=1S/C15H20N2S/c1-2-3-4-12-5-7-13(8-6-12)15-11-14(9-10-16)18-17-15/h5-8,11H,2-4,9-10,16H2,1H3. The van der Waals surface area contributed by atoms with Crippen molar-refractivity contribution in [2.75, 3.05) is 6.54 Å². The Kier molecular flexibility index (Phi) is 4.90. The molecule has 0 radical (unpaired) electrons. The van der Waals surface area contributed by atoms with Crippen LogP contribution in [0.3, 0.4) is 0 Å². The van der Waals surface area contributed by atoms with Crippen LogP contribution in [0.15, 0.2) is 30.3 Å². The minimum absolute atomic E-state index is 0.692. The van der Waals surface area contributed by atoms with Gasteiger partial charge in [0.2, 0.25) is 0 Å². The Hall–Kier alpha value is -1.19. The van der Waals surface area contributed by atoms with Crippen LogP contribution in [-0.2, 0) is 12.8 Å². The summed E-state index contributed by atoms with van der Waals surface area (Å²) in [6, 6.07) is 10.9. The summed E-state index contributed by atoms with van der Waals surface area (Å²) in [6.07, 6.45) is 4.60. The Morgan fingerprint density at radius 2 is 1.94 bits per heavy atom. The number of aromatic nitrogens is 1. The molecule has 0 saturated heterocycles. The van der Waals surface area contributed by atoms with Crippen molar-refractivity contribution < 1.29 is 0 Å². The quantitative estimate of drug-likeness (QED) is 0.861. The molecule has 2 rings (SSSR count). The van der Waals surface area contributed by atoms with Crippen molar-refractivity contribution in [1.29, 1.82) is 0 Å². The molecule has 0 atom stereocenters. The number of hydrogen-bond acceptors (Lipinski definition) is 3. The van der Waals surface area contributed by atoms with E-state index >= 15 is 0 Å². The zero-order valence-corrected chi connectivity index (χ0v) is 11.7. The van der Waals surface area contributed by atoms with Crippen molar-refractivity contribution in [3.8, 4) is 11.3 Å². The molecule has 0 unspecified atom stereocenters. The van der Waals surface area contributed by atoms with Gasteiger partial charge in [0.1, 0.15) is 0 Å². The Labute approximate surface area is 113 Å². The van der Waals surface area contributed by atoms with Gasteiger partial charge in [0, 0.05) is 10.4 Å². The summed E-state index contributed by atoms with van der Waals surface area (Å²) >= 11 is 1.56. The zero-order chi connectivity index (χ0) is 12.8. The summed E-state index contributed by atoms with van der Waals surface area (Å²) in [4.78, 5) is 1.27. The third-order valence-electron chi connectivity index (χ3n) is 3.02. The zero-order valence-electron chi connectivity index (χ0n) is 10.9. The van der Waals surface area contributed by atoms with Crippen LogP contribution in [0, 0.1) is 0 Å². The first-order valence-corrected chi connectivity index (χ1v) is 7.35. The van der Waals surface area contributed by atoms with Crippen LogP contribution in [0.5, 0.6) is 0 Å². The second-order valence-electron chi connectivity index (χ2n) is 4.52. The van der Waals surface area contributed by atoms with Crippen molar-refractivity contribution >= 4 is 11.5 Å². The number of unbranched alkanes of at least 4 members (excludes halogenated alkanes) is 1. The summed E-state index contributed by atoms with van der Waals surface area (Å²) < 4.78 is 4.48. The molecule has 1 aromatic carbocycles. The van der Waals surface area contributed by atoms with Crippen LogP contribution in [0.1, 0.15) is 30.2 Å². The first kappa shape index (κ1) is 13.2. The van der Waals surface area contributed by atoms with Crippen LogP contribution >= 0.6 is 11.5 Å². The van der Waals surface area contributed by atoms with Gasteiger partial charge in [-0.1, -0.05) is 37.6 Å². The lowest BCUT2D eigenvalue weighted by molar-refractivity contribution is 0.795. The number of hydrogen-bond donors (Lipinski definition) is 1. The van der Waals surface area contributed by atoms with Gasteiger partial charge in [-0.3, -0.25) is 0 Å². The average molecular weight is 260 g/mol. The predicted molar refractivity (Wildman–Crippen MR) is 78.9 cm³/mol. The SMILES string of the molecule is CCCCc1ccc(-c2cc(CCN)sn2)cc1. The minimum atomic E-state index is 0.692. The second kappa shape index (κ2) is 6.66. The van der Waals surface area contributed by atoms with E-state index in [9.17, 15) is 0 Å². The molecule has 96 valence electrons. The van der Waals surface area contributed by atoms with Gasteiger partial charge in [-0.15, -0.1) is 0 Å². The minimum Gasteiger partial charge on any atom is -0.330 e. The van der Waals surface area contributed by atoms with Gasteiger partial charge < -0.3 is 5.73 Å². The van der Waals surface area contributed by atoms with Crippen LogP contribution < -0.4 is 5.73 Å². The van der Waals surface area contributed by atoms with Crippen molar-refractivity contribution in [2.24, 2.45) is 5.73 Å². The molecule has 0 saturated carbocycles. The molecular weight excluding hydrogens is 240 g/mol. The largest absolute Gasteiger partial charge is 0.330 e. The number of nitrogens with two attached hydrogens (primary N) is 1. The Bertz CT molecular complexity index is 473. The predicted octanol–water partition coefficient (Wildman–Crippen LogP) is 3.65. The van der Waals surface area contributed by atoms with E-state index < -0.39 is 0 Å². The fraction of sp³-hybridized carbons (Fsp3) is 0.400. The molecule has 0 spiro atoms. The Morgan fingerprint density at radius 3 is 2.61 bits per heavy atom. The number of benzene rings is 1. The number of nitrogens with zero attached hydrogens (tertiary/aromatic N) is 1. The fourth-order valence-electron chi connectivity index (χ4n) is 1.93. The van der Waals surface area contributed by atoms with Gasteiger partial charge in [0.25, 0.3) is 0 Å². The highest BCUT2D eigenvalue weighted by atomic mass is 32.1. The monoisotopic (exact) mass is 260 g/mol. The van der Waals surface area contributed by atoms with Gasteiger partial charge in [0.05, 0.1) is 5.69 Å². The maximum Gasteiger partial charge on any atom is 0.0843 e. The Morgan fingerprint density at radius 1 is 1.17 bits per heavy atom. The van der Waals surface area contributed by atoms with Crippen LogP contribution in [-0.4, -0.2) is 10.9 Å². The molecule has 0 bridgehead atoms. The molecule has 0 aliphatic carbocycles. The number of aryl methyl sites for hydroxylation is 1. The summed E-state index contributed by atoms with van der Waals surface area (Å²) in [5.41, 5.74) is 9.25.